The second-order valence-electron chi connectivity index (χ2n) is 7.39. The molecule has 2 heterocycles. The number of benzene rings is 2. The maximum Gasteiger partial charge on any atom is 0.295 e. The Morgan fingerprint density at radius 2 is 1.85 bits per heavy atom. The standard InChI is InChI=1S/C25H18Cl2N4O3/c1-15-23(25(33)31(30(15)2)18-6-4-3-5-7-18)29-24(32)16(14-28)12-19-9-11-22(34-19)20-10-8-17(26)13-21(20)27/h3-13H,1-2H3,(H,29,32). The molecule has 2 aromatic carbocycles. The lowest BCUT2D eigenvalue weighted by Crippen LogP contribution is -2.23. The van der Waals surface area contributed by atoms with E-state index in [0.29, 0.717) is 32.8 Å². The maximum absolute atomic E-state index is 13.0. The van der Waals surface area contributed by atoms with E-state index in [1.54, 1.807) is 61.1 Å². The number of aromatic nitrogens is 2. The van der Waals surface area contributed by atoms with Gasteiger partial charge in [-0.25, -0.2) is 4.68 Å². The summed E-state index contributed by atoms with van der Waals surface area (Å²) in [6, 6.07) is 19.2. The summed E-state index contributed by atoms with van der Waals surface area (Å²) in [7, 11) is 1.71. The largest absolute Gasteiger partial charge is 0.457 e. The number of hydrogen-bond donors (Lipinski definition) is 1. The van der Waals surface area contributed by atoms with E-state index in [1.165, 1.54) is 10.8 Å². The van der Waals surface area contributed by atoms with Crippen molar-refractivity contribution in [3.05, 3.63) is 98.1 Å². The van der Waals surface area contributed by atoms with Gasteiger partial charge in [0.15, 0.2) is 0 Å². The maximum atomic E-state index is 13.0. The Morgan fingerprint density at radius 1 is 1.12 bits per heavy atom. The zero-order valence-electron chi connectivity index (χ0n) is 18.2. The molecular formula is C25H18Cl2N4O3. The van der Waals surface area contributed by atoms with Crippen LogP contribution < -0.4 is 10.9 Å². The third-order valence-electron chi connectivity index (χ3n) is 5.27. The summed E-state index contributed by atoms with van der Waals surface area (Å²) in [5.41, 5.74) is 1.27. The number of para-hydroxylation sites is 1. The molecule has 1 amide bonds. The highest BCUT2D eigenvalue weighted by Crippen LogP contribution is 2.32. The van der Waals surface area contributed by atoms with Crippen molar-refractivity contribution in [1.82, 2.24) is 9.36 Å². The van der Waals surface area contributed by atoms with Crippen molar-refractivity contribution in [2.45, 2.75) is 6.92 Å². The lowest BCUT2D eigenvalue weighted by molar-refractivity contribution is -0.112. The van der Waals surface area contributed by atoms with Crippen LogP contribution in [0.15, 0.2) is 75.4 Å². The number of hydrogen-bond acceptors (Lipinski definition) is 4. The quantitative estimate of drug-likeness (QED) is 0.290. The van der Waals surface area contributed by atoms with Crippen molar-refractivity contribution in [1.29, 1.82) is 5.26 Å². The number of anilines is 1. The van der Waals surface area contributed by atoms with E-state index in [-0.39, 0.29) is 17.0 Å². The van der Waals surface area contributed by atoms with Crippen LogP contribution in [0.5, 0.6) is 0 Å². The van der Waals surface area contributed by atoms with E-state index < -0.39 is 11.5 Å². The molecule has 0 atom stereocenters. The number of carbonyl (C=O) groups is 1. The third kappa shape index (κ3) is 4.42. The smallest absolute Gasteiger partial charge is 0.295 e. The van der Waals surface area contributed by atoms with Gasteiger partial charge in [-0.2, -0.15) is 5.26 Å². The molecule has 34 heavy (non-hydrogen) atoms. The molecular weight excluding hydrogens is 475 g/mol. The van der Waals surface area contributed by atoms with Gasteiger partial charge < -0.3 is 9.73 Å². The Kier molecular flexibility index (Phi) is 6.46. The van der Waals surface area contributed by atoms with Crippen molar-refractivity contribution >= 4 is 40.9 Å². The predicted molar refractivity (Wildman–Crippen MR) is 132 cm³/mol. The van der Waals surface area contributed by atoms with Gasteiger partial charge >= 0.3 is 0 Å². The molecule has 170 valence electrons. The molecule has 7 nitrogen and oxygen atoms in total. The van der Waals surface area contributed by atoms with Crippen LogP contribution in [-0.2, 0) is 11.8 Å². The third-order valence-corrected chi connectivity index (χ3v) is 5.82. The van der Waals surface area contributed by atoms with E-state index in [4.69, 9.17) is 27.6 Å². The van der Waals surface area contributed by atoms with Gasteiger partial charge in [0.05, 0.1) is 16.4 Å². The van der Waals surface area contributed by atoms with E-state index in [9.17, 15) is 14.9 Å². The molecule has 2 aromatic heterocycles. The molecule has 0 aliphatic heterocycles. The zero-order chi connectivity index (χ0) is 24.4. The van der Waals surface area contributed by atoms with Gasteiger partial charge in [0.25, 0.3) is 11.5 Å². The van der Waals surface area contributed by atoms with Crippen molar-refractivity contribution in [2.24, 2.45) is 7.05 Å². The molecule has 1 N–H and O–H groups in total. The van der Waals surface area contributed by atoms with Crippen LogP contribution >= 0.6 is 23.2 Å². The molecule has 0 aliphatic rings. The fourth-order valence-corrected chi connectivity index (χ4v) is 3.95. The molecule has 0 fully saturated rings. The topological polar surface area (TPSA) is 93.0 Å². The van der Waals surface area contributed by atoms with E-state index in [2.05, 4.69) is 5.32 Å². The van der Waals surface area contributed by atoms with Gasteiger partial charge in [0.2, 0.25) is 0 Å². The Bertz CT molecular complexity index is 1520. The minimum atomic E-state index is -0.726. The number of carbonyl (C=O) groups excluding carboxylic acids is 1. The van der Waals surface area contributed by atoms with Gasteiger partial charge in [-0.3, -0.25) is 14.3 Å². The first kappa shape index (κ1) is 23.2. The highest BCUT2D eigenvalue weighted by Gasteiger charge is 2.20. The highest BCUT2D eigenvalue weighted by atomic mass is 35.5. The molecule has 0 spiro atoms. The van der Waals surface area contributed by atoms with Gasteiger partial charge in [0, 0.05) is 23.7 Å². The van der Waals surface area contributed by atoms with E-state index in [0.717, 1.165) is 0 Å². The zero-order valence-corrected chi connectivity index (χ0v) is 19.7. The average Bonchev–Trinajstić information content (AvgIpc) is 3.36. The fourth-order valence-electron chi connectivity index (χ4n) is 3.45. The molecule has 0 aliphatic carbocycles. The predicted octanol–water partition coefficient (Wildman–Crippen LogP) is 5.60. The number of rotatable bonds is 5. The fraction of sp³-hybridized carbons (Fsp3) is 0.0800. The molecule has 0 unspecified atom stereocenters. The van der Waals surface area contributed by atoms with Crippen molar-refractivity contribution in [3.8, 4) is 23.1 Å². The number of halogens is 2. The lowest BCUT2D eigenvalue weighted by Gasteiger charge is -2.07. The van der Waals surface area contributed by atoms with E-state index in [1.807, 2.05) is 24.3 Å². The second kappa shape index (κ2) is 9.48. The lowest BCUT2D eigenvalue weighted by atomic mass is 10.2. The Labute approximate surface area is 205 Å². The Morgan fingerprint density at radius 3 is 2.53 bits per heavy atom. The Balaban J connectivity index is 1.62. The summed E-state index contributed by atoms with van der Waals surface area (Å²) in [5.74, 6) is 0.00505. The first-order valence-electron chi connectivity index (χ1n) is 10.1. The van der Waals surface area contributed by atoms with Gasteiger partial charge in [-0.1, -0.05) is 41.4 Å². The minimum absolute atomic E-state index is 0.0885. The summed E-state index contributed by atoms with van der Waals surface area (Å²) < 4.78 is 8.82. The summed E-state index contributed by atoms with van der Waals surface area (Å²) in [4.78, 5) is 25.9. The second-order valence-corrected chi connectivity index (χ2v) is 8.23. The van der Waals surface area contributed by atoms with Crippen LogP contribution in [0, 0.1) is 18.3 Å². The summed E-state index contributed by atoms with van der Waals surface area (Å²) in [6.07, 6.45) is 1.30. The number of furan rings is 1. The summed E-state index contributed by atoms with van der Waals surface area (Å²) in [6.45, 7) is 1.71. The van der Waals surface area contributed by atoms with Crippen LogP contribution in [0.1, 0.15) is 11.5 Å². The Hall–Kier alpha value is -3.99. The first-order valence-corrected chi connectivity index (χ1v) is 10.9. The van der Waals surface area contributed by atoms with Gasteiger partial charge in [-0.05, 0) is 49.4 Å². The number of nitrogens with zero attached hydrogens (tertiary/aromatic N) is 3. The monoisotopic (exact) mass is 492 g/mol. The van der Waals surface area contributed by atoms with Crippen LogP contribution in [0.25, 0.3) is 23.1 Å². The molecule has 4 aromatic rings. The first-order chi connectivity index (χ1) is 16.3. The van der Waals surface area contributed by atoms with Crippen molar-refractivity contribution < 1.29 is 9.21 Å². The van der Waals surface area contributed by atoms with Crippen molar-refractivity contribution in [3.63, 3.8) is 0 Å². The molecule has 4 rings (SSSR count). The van der Waals surface area contributed by atoms with Crippen molar-refractivity contribution in [2.75, 3.05) is 5.32 Å². The number of nitriles is 1. The van der Waals surface area contributed by atoms with Crippen LogP contribution in [0.4, 0.5) is 5.69 Å². The molecule has 0 radical (unpaired) electrons. The molecule has 0 saturated carbocycles. The molecule has 0 bridgehead atoms. The number of amides is 1. The van der Waals surface area contributed by atoms with Crippen LogP contribution in [-0.4, -0.2) is 15.3 Å². The summed E-state index contributed by atoms with van der Waals surface area (Å²) >= 11 is 12.2. The average molecular weight is 493 g/mol. The minimum Gasteiger partial charge on any atom is -0.457 e. The summed E-state index contributed by atoms with van der Waals surface area (Å²) in [5, 5.41) is 13.0. The van der Waals surface area contributed by atoms with Gasteiger partial charge in [-0.15, -0.1) is 0 Å². The number of nitrogens with one attached hydrogen (secondary N) is 1. The molecule has 0 saturated heterocycles. The normalized spacial score (nSPS) is 11.3. The molecule has 9 heteroatoms. The highest BCUT2D eigenvalue weighted by molar-refractivity contribution is 6.36. The van der Waals surface area contributed by atoms with Crippen LogP contribution in [0.3, 0.4) is 0 Å². The van der Waals surface area contributed by atoms with Gasteiger partial charge in [0.1, 0.15) is 28.9 Å². The van der Waals surface area contributed by atoms with E-state index >= 15 is 0 Å². The van der Waals surface area contributed by atoms with Crippen LogP contribution in [0.2, 0.25) is 10.0 Å². The SMILES string of the molecule is Cc1c(NC(=O)C(C#N)=Cc2ccc(-c3ccc(Cl)cc3Cl)o2)c(=O)n(-c2ccccc2)n1C.